The minimum atomic E-state index is -0.731. The van der Waals surface area contributed by atoms with Crippen LogP contribution in [-0.2, 0) is 14.3 Å². The molecule has 0 saturated carbocycles. The van der Waals surface area contributed by atoms with Gasteiger partial charge >= 0.3 is 0 Å². The molecule has 0 radical (unpaired) electrons. The van der Waals surface area contributed by atoms with Crippen molar-refractivity contribution >= 4 is 17.4 Å². The Morgan fingerprint density at radius 1 is 1.21 bits per heavy atom. The van der Waals surface area contributed by atoms with Crippen molar-refractivity contribution in [3.05, 3.63) is 65.5 Å². The third kappa shape index (κ3) is 4.30. The number of benzene rings is 1. The molecule has 0 spiro atoms. The summed E-state index contributed by atoms with van der Waals surface area (Å²) in [4.78, 5) is 31.0. The highest BCUT2D eigenvalue weighted by molar-refractivity contribution is 6.46. The zero-order valence-electron chi connectivity index (χ0n) is 16.7. The molecule has 0 aliphatic carbocycles. The van der Waals surface area contributed by atoms with Crippen molar-refractivity contribution in [2.45, 2.75) is 26.0 Å². The number of nitrogens with zero attached hydrogens (tertiary/aromatic N) is 2. The van der Waals surface area contributed by atoms with E-state index in [0.717, 1.165) is 0 Å². The van der Waals surface area contributed by atoms with Gasteiger partial charge in [0.15, 0.2) is 0 Å². The summed E-state index contributed by atoms with van der Waals surface area (Å²) >= 11 is 0. The Morgan fingerprint density at radius 3 is 2.52 bits per heavy atom. The van der Waals surface area contributed by atoms with E-state index in [1.807, 2.05) is 13.8 Å². The molecule has 1 aliphatic heterocycles. The molecule has 2 aromatic rings. The third-order valence-electron chi connectivity index (χ3n) is 4.58. The zero-order valence-corrected chi connectivity index (χ0v) is 16.7. The van der Waals surface area contributed by atoms with Crippen molar-refractivity contribution in [1.29, 1.82) is 0 Å². The highest BCUT2D eigenvalue weighted by Gasteiger charge is 2.45. The normalized spacial score (nSPS) is 18.5. The first-order valence-corrected chi connectivity index (χ1v) is 9.38. The summed E-state index contributed by atoms with van der Waals surface area (Å²) in [6.45, 7) is 4.33. The number of likely N-dealkylation sites (tertiary alicyclic amines) is 1. The average Bonchev–Trinajstić information content (AvgIpc) is 2.97. The number of ether oxygens (including phenoxy) is 2. The molecule has 152 valence electrons. The Balaban J connectivity index is 2.05. The van der Waals surface area contributed by atoms with Gasteiger partial charge in [0.25, 0.3) is 11.7 Å². The second kappa shape index (κ2) is 8.87. The van der Waals surface area contributed by atoms with Crippen molar-refractivity contribution in [3.8, 4) is 5.75 Å². The van der Waals surface area contributed by atoms with E-state index in [2.05, 4.69) is 4.98 Å². The summed E-state index contributed by atoms with van der Waals surface area (Å²) < 4.78 is 10.7. The van der Waals surface area contributed by atoms with Gasteiger partial charge in [-0.25, -0.2) is 0 Å². The number of rotatable bonds is 7. The molecule has 2 heterocycles. The van der Waals surface area contributed by atoms with Crippen LogP contribution in [0, 0.1) is 0 Å². The fourth-order valence-electron chi connectivity index (χ4n) is 3.30. The van der Waals surface area contributed by atoms with E-state index in [-0.39, 0.29) is 30.6 Å². The van der Waals surface area contributed by atoms with Crippen LogP contribution < -0.4 is 4.74 Å². The molecule has 7 heteroatoms. The molecule has 1 fully saturated rings. The van der Waals surface area contributed by atoms with Crippen molar-refractivity contribution in [3.63, 3.8) is 0 Å². The quantitative estimate of drug-likeness (QED) is 0.440. The number of aliphatic hydroxyl groups excluding tert-OH is 1. The predicted octanol–water partition coefficient (Wildman–Crippen LogP) is 2.94. The van der Waals surface area contributed by atoms with Gasteiger partial charge < -0.3 is 19.5 Å². The second-order valence-electron chi connectivity index (χ2n) is 6.96. The average molecular weight is 396 g/mol. The second-order valence-corrected chi connectivity index (χ2v) is 6.96. The number of carbonyl (C=O) groups excluding carboxylic acids is 2. The zero-order chi connectivity index (χ0) is 21.0. The molecule has 1 amide bonds. The molecule has 0 bridgehead atoms. The molecule has 1 atom stereocenters. The molecule has 1 N–H and O–H groups in total. The van der Waals surface area contributed by atoms with Crippen molar-refractivity contribution in [1.82, 2.24) is 9.88 Å². The van der Waals surface area contributed by atoms with Crippen LogP contribution in [0.25, 0.3) is 5.76 Å². The SMILES string of the molecule is COCCN1C(=O)C(=O)/C(=C(\O)c2ccc(OC(C)C)cc2)C1c1cccnc1. The Hall–Kier alpha value is -3.19. The fraction of sp³-hybridized carbons (Fsp3) is 0.318. The van der Waals surface area contributed by atoms with Gasteiger partial charge in [0.2, 0.25) is 0 Å². The van der Waals surface area contributed by atoms with Crippen LogP contribution in [-0.4, -0.2) is 53.0 Å². The van der Waals surface area contributed by atoms with Gasteiger partial charge in [0.05, 0.1) is 24.3 Å². The van der Waals surface area contributed by atoms with Crippen LogP contribution in [0.3, 0.4) is 0 Å². The number of aromatic nitrogens is 1. The van der Waals surface area contributed by atoms with E-state index in [4.69, 9.17) is 9.47 Å². The monoisotopic (exact) mass is 396 g/mol. The molecule has 1 aliphatic rings. The van der Waals surface area contributed by atoms with E-state index in [1.54, 1.807) is 48.8 Å². The lowest BCUT2D eigenvalue weighted by atomic mass is 9.96. The molecular formula is C22H24N2O5. The summed E-state index contributed by atoms with van der Waals surface area (Å²) in [6, 6.07) is 9.53. The minimum Gasteiger partial charge on any atom is -0.507 e. The number of hydrogen-bond donors (Lipinski definition) is 1. The number of carbonyl (C=O) groups is 2. The van der Waals surface area contributed by atoms with E-state index in [9.17, 15) is 14.7 Å². The number of ketones is 1. The van der Waals surface area contributed by atoms with Crippen molar-refractivity contribution in [2.24, 2.45) is 0 Å². The van der Waals surface area contributed by atoms with Gasteiger partial charge in [-0.1, -0.05) is 6.07 Å². The number of aliphatic hydroxyl groups is 1. The van der Waals surface area contributed by atoms with Gasteiger partial charge in [0, 0.05) is 31.6 Å². The number of amides is 1. The Bertz CT molecular complexity index is 907. The van der Waals surface area contributed by atoms with E-state index in [0.29, 0.717) is 16.9 Å². The highest BCUT2D eigenvalue weighted by Crippen LogP contribution is 2.39. The summed E-state index contributed by atoms with van der Waals surface area (Å²) in [5.41, 5.74) is 1.11. The van der Waals surface area contributed by atoms with Gasteiger partial charge in [0.1, 0.15) is 11.5 Å². The lowest BCUT2D eigenvalue weighted by Gasteiger charge is -2.24. The number of Topliss-reactive ketones (excluding diaryl/α,β-unsaturated/α-hetero) is 1. The van der Waals surface area contributed by atoms with E-state index in [1.165, 1.54) is 12.0 Å². The van der Waals surface area contributed by atoms with Crippen LogP contribution in [0.4, 0.5) is 0 Å². The van der Waals surface area contributed by atoms with Gasteiger partial charge in [-0.05, 0) is 49.7 Å². The molecular weight excluding hydrogens is 372 g/mol. The topological polar surface area (TPSA) is 89.0 Å². The Labute approximate surface area is 169 Å². The van der Waals surface area contributed by atoms with Gasteiger partial charge in [-0.2, -0.15) is 0 Å². The lowest BCUT2D eigenvalue weighted by molar-refractivity contribution is -0.140. The molecule has 29 heavy (non-hydrogen) atoms. The van der Waals surface area contributed by atoms with Crippen molar-refractivity contribution < 1.29 is 24.2 Å². The minimum absolute atomic E-state index is 0.0196. The van der Waals surface area contributed by atoms with Crippen LogP contribution in [0.15, 0.2) is 54.4 Å². The fourth-order valence-corrected chi connectivity index (χ4v) is 3.30. The largest absolute Gasteiger partial charge is 0.507 e. The molecule has 3 rings (SSSR count). The number of pyridine rings is 1. The Kier molecular flexibility index (Phi) is 6.29. The predicted molar refractivity (Wildman–Crippen MR) is 107 cm³/mol. The van der Waals surface area contributed by atoms with Gasteiger partial charge in [-0.3, -0.25) is 14.6 Å². The molecule has 1 aromatic heterocycles. The first-order valence-electron chi connectivity index (χ1n) is 9.38. The summed E-state index contributed by atoms with van der Waals surface area (Å²) in [6.07, 6.45) is 3.22. The van der Waals surface area contributed by atoms with Gasteiger partial charge in [-0.15, -0.1) is 0 Å². The first kappa shape index (κ1) is 20.5. The molecule has 1 saturated heterocycles. The van der Waals surface area contributed by atoms with Crippen LogP contribution in [0.2, 0.25) is 0 Å². The smallest absolute Gasteiger partial charge is 0.295 e. The maximum absolute atomic E-state index is 12.8. The lowest BCUT2D eigenvalue weighted by Crippen LogP contribution is -2.32. The Morgan fingerprint density at radius 2 is 1.93 bits per heavy atom. The summed E-state index contributed by atoms with van der Waals surface area (Å²) in [7, 11) is 1.52. The van der Waals surface area contributed by atoms with Crippen molar-refractivity contribution in [2.75, 3.05) is 20.3 Å². The molecule has 7 nitrogen and oxygen atoms in total. The summed E-state index contributed by atoms with van der Waals surface area (Å²) in [5, 5.41) is 10.9. The van der Waals surface area contributed by atoms with Crippen LogP contribution in [0.5, 0.6) is 5.75 Å². The standard InChI is InChI=1S/C22H24N2O5/c1-14(2)29-17-8-6-15(7-9-17)20(25)18-19(16-5-4-10-23-13-16)24(11-12-28-3)22(27)21(18)26/h4-10,13-14,19,25H,11-12H2,1-3H3/b20-18-. The maximum Gasteiger partial charge on any atom is 0.295 e. The molecule has 1 unspecified atom stereocenters. The van der Waals surface area contributed by atoms with E-state index < -0.39 is 17.7 Å². The number of hydrogen-bond acceptors (Lipinski definition) is 6. The third-order valence-corrected chi connectivity index (χ3v) is 4.58. The number of methoxy groups -OCH3 is 1. The first-order chi connectivity index (χ1) is 13.9. The van der Waals surface area contributed by atoms with Crippen LogP contribution >= 0.6 is 0 Å². The van der Waals surface area contributed by atoms with E-state index >= 15 is 0 Å². The summed E-state index contributed by atoms with van der Waals surface area (Å²) in [5.74, 6) is -0.971. The maximum atomic E-state index is 12.8. The van der Waals surface area contributed by atoms with Crippen LogP contribution in [0.1, 0.15) is 31.0 Å². The highest BCUT2D eigenvalue weighted by atomic mass is 16.5. The molecule has 1 aromatic carbocycles.